The minimum Gasteiger partial charge on any atom is -0.451 e. The second-order valence-corrected chi connectivity index (χ2v) is 8.83. The zero-order chi connectivity index (χ0) is 23.5. The molecule has 0 aliphatic heterocycles. The molecule has 0 saturated carbocycles. The Kier molecular flexibility index (Phi) is 6.93. The van der Waals surface area contributed by atoms with Crippen LogP contribution in [0.1, 0.15) is 26.5 Å². The number of benzene rings is 3. The van der Waals surface area contributed by atoms with Crippen LogP contribution < -0.4 is 0 Å². The third kappa shape index (κ3) is 5.16. The molecule has 0 amide bonds. The zero-order valence-corrected chi connectivity index (χ0v) is 20.4. The maximum atomic E-state index is 12.7. The molecule has 0 radical (unpaired) electrons. The average molecular weight is 545 g/mol. The van der Waals surface area contributed by atoms with Gasteiger partial charge in [-0.25, -0.2) is 14.5 Å². The number of hydrogen-bond acceptors (Lipinski definition) is 5. The topological polar surface area (TPSA) is 74.1 Å². The van der Waals surface area contributed by atoms with E-state index >= 15 is 0 Å². The smallest absolute Gasteiger partial charge is 0.378 e. The fraction of sp³-hybridized carbons (Fsp3) is 0.0833. The predicted octanol–water partition coefficient (Wildman–Crippen LogP) is 6.35. The first kappa shape index (κ1) is 23.2. The molecule has 0 saturated heterocycles. The molecule has 1 aromatic heterocycles. The van der Waals surface area contributed by atoms with Gasteiger partial charge >= 0.3 is 5.97 Å². The number of aromatic nitrogens is 3. The molecule has 9 heteroatoms. The minimum atomic E-state index is -0.811. The Morgan fingerprint density at radius 1 is 1.00 bits per heavy atom. The monoisotopic (exact) mass is 543 g/mol. The molecule has 6 nitrogen and oxygen atoms in total. The zero-order valence-electron chi connectivity index (χ0n) is 17.3. The number of nitrogens with zero attached hydrogens (tertiary/aromatic N) is 3. The fourth-order valence-electron chi connectivity index (χ4n) is 3.09. The van der Waals surface area contributed by atoms with E-state index in [1.54, 1.807) is 60.7 Å². The van der Waals surface area contributed by atoms with Gasteiger partial charge in [0.15, 0.2) is 18.2 Å². The molecule has 0 bridgehead atoms. The van der Waals surface area contributed by atoms with Gasteiger partial charge in [-0.2, -0.15) is 0 Å². The molecule has 4 aromatic rings. The highest BCUT2D eigenvalue weighted by Crippen LogP contribution is 2.27. The molecule has 33 heavy (non-hydrogen) atoms. The molecule has 0 N–H and O–H groups in total. The van der Waals surface area contributed by atoms with Crippen molar-refractivity contribution in [3.8, 4) is 17.1 Å². The van der Waals surface area contributed by atoms with Gasteiger partial charge in [-0.05, 0) is 61.0 Å². The molecular formula is C24H16BrCl2N3O3. The Morgan fingerprint density at radius 3 is 2.39 bits per heavy atom. The van der Waals surface area contributed by atoms with Crippen molar-refractivity contribution >= 4 is 50.9 Å². The second-order valence-electron chi connectivity index (χ2n) is 7.07. The molecule has 1 heterocycles. The second kappa shape index (κ2) is 9.87. The van der Waals surface area contributed by atoms with E-state index in [0.29, 0.717) is 32.7 Å². The third-order valence-corrected chi connectivity index (χ3v) is 6.05. The van der Waals surface area contributed by atoms with E-state index in [9.17, 15) is 9.59 Å². The summed E-state index contributed by atoms with van der Waals surface area (Å²) in [6, 6.07) is 19.1. The first-order valence-electron chi connectivity index (χ1n) is 9.78. The molecule has 3 aromatic carbocycles. The number of ketones is 1. The summed E-state index contributed by atoms with van der Waals surface area (Å²) in [6.07, 6.45) is 0. The summed E-state index contributed by atoms with van der Waals surface area (Å²) >= 11 is 15.6. The van der Waals surface area contributed by atoms with Crippen molar-refractivity contribution in [1.82, 2.24) is 14.8 Å². The van der Waals surface area contributed by atoms with Crippen LogP contribution in [0.15, 0.2) is 71.2 Å². The quantitative estimate of drug-likeness (QED) is 0.209. The summed E-state index contributed by atoms with van der Waals surface area (Å²) in [7, 11) is 0. The van der Waals surface area contributed by atoms with Gasteiger partial charge in [-0.3, -0.25) is 4.79 Å². The van der Waals surface area contributed by atoms with E-state index < -0.39 is 12.6 Å². The van der Waals surface area contributed by atoms with E-state index in [1.807, 2.05) is 13.0 Å². The molecule has 0 atom stereocenters. The fourth-order valence-corrected chi connectivity index (χ4v) is 3.65. The number of carbonyl (C=O) groups is 2. The Labute approximate surface area is 208 Å². The number of rotatable bonds is 6. The summed E-state index contributed by atoms with van der Waals surface area (Å²) in [6.45, 7) is 1.42. The first-order chi connectivity index (χ1) is 15.8. The van der Waals surface area contributed by atoms with Crippen LogP contribution in [-0.4, -0.2) is 33.1 Å². The number of carbonyl (C=O) groups excluding carboxylic acids is 2. The number of halogens is 3. The lowest BCUT2D eigenvalue weighted by molar-refractivity contribution is 0.0462. The number of hydrogen-bond donors (Lipinski definition) is 0. The van der Waals surface area contributed by atoms with E-state index in [4.69, 9.17) is 27.9 Å². The van der Waals surface area contributed by atoms with Crippen LogP contribution in [0, 0.1) is 6.92 Å². The highest BCUT2D eigenvalue weighted by molar-refractivity contribution is 9.10. The van der Waals surface area contributed by atoms with Crippen molar-refractivity contribution in [2.24, 2.45) is 0 Å². The molecule has 166 valence electrons. The number of esters is 1. The van der Waals surface area contributed by atoms with Gasteiger partial charge < -0.3 is 4.74 Å². The summed E-state index contributed by atoms with van der Waals surface area (Å²) < 4.78 is 7.57. The van der Waals surface area contributed by atoms with E-state index in [1.165, 1.54) is 4.68 Å². The van der Waals surface area contributed by atoms with Crippen LogP contribution in [-0.2, 0) is 4.74 Å². The summed E-state index contributed by atoms with van der Waals surface area (Å²) in [5.41, 5.74) is 2.55. The molecule has 0 unspecified atom stereocenters. The summed E-state index contributed by atoms with van der Waals surface area (Å²) in [4.78, 5) is 29.4. The van der Waals surface area contributed by atoms with Crippen LogP contribution in [0.5, 0.6) is 0 Å². The number of ether oxygens (including phenoxy) is 1. The van der Waals surface area contributed by atoms with Crippen molar-refractivity contribution < 1.29 is 14.3 Å². The highest BCUT2D eigenvalue weighted by Gasteiger charge is 2.22. The van der Waals surface area contributed by atoms with Gasteiger partial charge in [-0.1, -0.05) is 57.3 Å². The van der Waals surface area contributed by atoms with Gasteiger partial charge in [0, 0.05) is 25.6 Å². The van der Waals surface area contributed by atoms with E-state index in [-0.39, 0.29) is 11.6 Å². The lowest BCUT2D eigenvalue weighted by atomic mass is 10.1. The Hall–Kier alpha value is -3.00. The van der Waals surface area contributed by atoms with Gasteiger partial charge in [0.05, 0.1) is 5.69 Å². The summed E-state index contributed by atoms with van der Waals surface area (Å²) in [5, 5.41) is 5.48. The van der Waals surface area contributed by atoms with Crippen molar-refractivity contribution in [2.75, 3.05) is 6.61 Å². The molecule has 0 spiro atoms. The Morgan fingerprint density at radius 2 is 1.70 bits per heavy atom. The Balaban J connectivity index is 1.65. The van der Waals surface area contributed by atoms with Crippen molar-refractivity contribution in [3.63, 3.8) is 0 Å². The predicted molar refractivity (Wildman–Crippen MR) is 130 cm³/mol. The van der Waals surface area contributed by atoms with Crippen LogP contribution in [0.4, 0.5) is 0 Å². The highest BCUT2D eigenvalue weighted by atomic mass is 79.9. The van der Waals surface area contributed by atoms with Crippen LogP contribution in [0.2, 0.25) is 10.0 Å². The maximum Gasteiger partial charge on any atom is 0.378 e. The van der Waals surface area contributed by atoms with Crippen molar-refractivity contribution in [3.05, 3.63) is 98.2 Å². The van der Waals surface area contributed by atoms with Crippen LogP contribution in [0.3, 0.4) is 0 Å². The standard InChI is InChI=1S/C24H16BrCl2N3O3/c1-14-19(27)3-2-4-20(14)30-23(16-7-11-18(26)12-8-16)28-22(29-30)24(32)33-13-21(31)15-5-9-17(25)10-6-15/h2-12H,13H2,1H3. The molecule has 0 aliphatic carbocycles. The van der Waals surface area contributed by atoms with Gasteiger partial charge in [0.25, 0.3) is 5.82 Å². The lowest BCUT2D eigenvalue weighted by Gasteiger charge is -2.10. The van der Waals surface area contributed by atoms with Gasteiger partial charge in [0.1, 0.15) is 0 Å². The SMILES string of the molecule is Cc1c(Cl)cccc1-n1nc(C(=O)OCC(=O)c2ccc(Br)cc2)nc1-c1ccc(Cl)cc1. The third-order valence-electron chi connectivity index (χ3n) is 4.86. The molecule has 0 aliphatic rings. The maximum absolute atomic E-state index is 12.7. The van der Waals surface area contributed by atoms with Crippen molar-refractivity contribution in [2.45, 2.75) is 6.92 Å². The first-order valence-corrected chi connectivity index (χ1v) is 11.3. The lowest BCUT2D eigenvalue weighted by Crippen LogP contribution is -2.15. The van der Waals surface area contributed by atoms with Gasteiger partial charge in [0.2, 0.25) is 0 Å². The molecular weight excluding hydrogens is 529 g/mol. The largest absolute Gasteiger partial charge is 0.451 e. The molecule has 0 fully saturated rings. The van der Waals surface area contributed by atoms with Crippen LogP contribution in [0.25, 0.3) is 17.1 Å². The Bertz CT molecular complexity index is 1340. The van der Waals surface area contributed by atoms with E-state index in [2.05, 4.69) is 26.0 Å². The normalized spacial score (nSPS) is 10.8. The minimum absolute atomic E-state index is 0.178. The van der Waals surface area contributed by atoms with Gasteiger partial charge in [-0.15, -0.1) is 5.10 Å². The number of Topliss-reactive ketones (excluding diaryl/α,β-unsaturated/α-hetero) is 1. The average Bonchev–Trinajstić information content (AvgIpc) is 3.25. The van der Waals surface area contributed by atoms with E-state index in [0.717, 1.165) is 10.0 Å². The van der Waals surface area contributed by atoms with Crippen molar-refractivity contribution in [1.29, 1.82) is 0 Å². The van der Waals surface area contributed by atoms with Crippen LogP contribution >= 0.6 is 39.1 Å². The molecule has 4 rings (SSSR count). The summed E-state index contributed by atoms with van der Waals surface area (Å²) in [5.74, 6) is -0.917.